The van der Waals surface area contributed by atoms with Crippen molar-refractivity contribution < 1.29 is 150 Å². The molecule has 0 atom stereocenters. The lowest BCUT2D eigenvalue weighted by molar-refractivity contribution is -0.446. The summed E-state index contributed by atoms with van der Waals surface area (Å²) in [5.41, 5.74) is -2.97. The van der Waals surface area contributed by atoms with Crippen LogP contribution in [0.3, 0.4) is 0 Å². The van der Waals surface area contributed by atoms with Gasteiger partial charge in [-0.15, -0.1) is 0 Å². The van der Waals surface area contributed by atoms with Crippen LogP contribution >= 0.6 is 23.2 Å². The molecule has 2 N–H and O–H groups in total. The van der Waals surface area contributed by atoms with Crippen molar-refractivity contribution in [2.75, 3.05) is 13.1 Å². The molecule has 0 unspecified atom stereocenters. The molecule has 2 amide bonds. The number of alkyl halides is 34. The molecule has 0 aliphatic rings. The highest BCUT2D eigenvalue weighted by atomic mass is 35.5. The van der Waals surface area contributed by atoms with E-state index in [1.54, 1.807) is 0 Å². The van der Waals surface area contributed by atoms with Crippen LogP contribution in [0.5, 0.6) is 0 Å². The maximum absolute atomic E-state index is 14.1. The van der Waals surface area contributed by atoms with Crippen LogP contribution in [0.4, 0.5) is 140 Å². The van der Waals surface area contributed by atoms with Crippen molar-refractivity contribution >= 4 is 35.0 Å². The van der Waals surface area contributed by atoms with Gasteiger partial charge in [0.2, 0.25) is 0 Å². The van der Waals surface area contributed by atoms with Crippen molar-refractivity contribution in [3.63, 3.8) is 0 Å². The molecule has 0 saturated heterocycles. The van der Waals surface area contributed by atoms with Gasteiger partial charge in [0.15, 0.2) is 0 Å². The SMILES string of the molecule is CC(C)(CNC(=O)C(F)(F)C(F)(F)C(F)(F)C(F)(F)C(F)(F)C(F)(F)C(F)(F)C(F)(F)Cl)CNC(=O)C(F)(F)C(F)(F)C(F)(F)C(F)(F)C(F)(F)C(F)(F)C(F)(F)C(F)(F)Cl. The van der Waals surface area contributed by atoms with E-state index in [0.717, 1.165) is 0 Å². The molecule has 4 nitrogen and oxygen atoms in total. The van der Waals surface area contributed by atoms with Crippen LogP contribution < -0.4 is 10.6 Å². The molecule has 0 aromatic heterocycles. The van der Waals surface area contributed by atoms with Gasteiger partial charge in [0, 0.05) is 13.1 Å². The van der Waals surface area contributed by atoms with Crippen molar-refractivity contribution in [3.05, 3.63) is 0 Å². The Labute approximate surface area is 322 Å². The Morgan fingerprint density at radius 3 is 0.623 bits per heavy atom. The van der Waals surface area contributed by atoms with Crippen LogP contribution in [-0.2, 0) is 9.59 Å². The molecule has 0 aromatic rings. The largest absolute Gasteiger partial charge is 0.393 e. The van der Waals surface area contributed by atoms with E-state index >= 15 is 0 Å². The highest BCUT2D eigenvalue weighted by molar-refractivity contribution is 6.22. The summed E-state index contributed by atoms with van der Waals surface area (Å²) in [5, 5.41) is -13.9. The third-order valence-corrected chi connectivity index (χ3v) is 7.94. The summed E-state index contributed by atoms with van der Waals surface area (Å²) in [5.74, 6) is -129. The number of hydrogen-bond donors (Lipinski definition) is 2. The van der Waals surface area contributed by atoms with E-state index in [1.165, 1.54) is 0 Å². The molecule has 0 saturated carbocycles. The fraction of sp³-hybridized carbons (Fsp3) is 0.913. The van der Waals surface area contributed by atoms with E-state index in [2.05, 4.69) is 23.2 Å². The minimum atomic E-state index is -9.07. The standard InChI is InChI=1S/C23H12Cl2F32N2O2/c1-7(2,3-58-5(60)8(26,27)10(30,31)12(34,35)14(38,39)16(42,43)18(46,47)20(50,51)22(24,54)55)4-59-6(61)9(28,29)11(32,33)13(36,37)15(40,41)17(44,45)19(48,49)21(52,53)23(25,56)57/h3-4H2,1-2H3,(H,58,60)(H,59,61). The van der Waals surface area contributed by atoms with Crippen molar-refractivity contribution in [3.8, 4) is 0 Å². The number of carbonyl (C=O) groups excluding carboxylic acids is 2. The van der Waals surface area contributed by atoms with Gasteiger partial charge in [0.1, 0.15) is 0 Å². The van der Waals surface area contributed by atoms with Crippen molar-refractivity contribution in [2.45, 2.75) is 108 Å². The molecule has 61 heavy (non-hydrogen) atoms. The fourth-order valence-electron chi connectivity index (χ4n) is 3.54. The third kappa shape index (κ3) is 8.07. The van der Waals surface area contributed by atoms with Gasteiger partial charge in [0.25, 0.3) is 11.8 Å². The second-order valence-electron chi connectivity index (χ2n) is 12.6. The molecule has 0 heterocycles. The Balaban J connectivity index is 6.57. The number of nitrogens with one attached hydrogen (secondary N) is 2. The summed E-state index contributed by atoms with van der Waals surface area (Å²) < 4.78 is 435. The Morgan fingerprint density at radius 1 is 0.311 bits per heavy atom. The molecule has 0 radical (unpaired) electrons. The van der Waals surface area contributed by atoms with E-state index in [9.17, 15) is 150 Å². The average Bonchev–Trinajstić information content (AvgIpc) is 3.03. The number of hydrogen-bond acceptors (Lipinski definition) is 2. The lowest BCUT2D eigenvalue weighted by Crippen LogP contribution is -2.75. The van der Waals surface area contributed by atoms with E-state index < -0.39 is 124 Å². The average molecular weight is 1030 g/mol. The van der Waals surface area contributed by atoms with E-state index in [0.29, 0.717) is 0 Å². The zero-order valence-corrected chi connectivity index (χ0v) is 29.1. The first-order valence-electron chi connectivity index (χ1n) is 13.7. The highest BCUT2D eigenvalue weighted by Gasteiger charge is 2.97. The van der Waals surface area contributed by atoms with Gasteiger partial charge >= 0.3 is 93.7 Å². The predicted molar refractivity (Wildman–Crippen MR) is 131 cm³/mol. The number of rotatable bonds is 20. The first kappa shape index (κ1) is 58.3. The molecule has 0 fully saturated rings. The maximum Gasteiger partial charge on any atom is 0.393 e. The topological polar surface area (TPSA) is 58.2 Å². The fourth-order valence-corrected chi connectivity index (χ4v) is 3.77. The summed E-state index contributed by atoms with van der Waals surface area (Å²) in [4.78, 5) is 23.2. The van der Waals surface area contributed by atoms with Gasteiger partial charge in [-0.2, -0.15) is 140 Å². The normalized spacial score (nSPS) is 16.5. The monoisotopic (exact) mass is 1030 g/mol. The molecule has 38 heteroatoms. The Hall–Kier alpha value is -2.72. The summed E-state index contributed by atoms with van der Waals surface area (Å²) >= 11 is 6.66. The van der Waals surface area contributed by atoms with E-state index in [1.807, 2.05) is 0 Å². The van der Waals surface area contributed by atoms with Crippen LogP contribution in [-0.4, -0.2) is 119 Å². The second-order valence-corrected chi connectivity index (χ2v) is 13.5. The van der Waals surface area contributed by atoms with Gasteiger partial charge < -0.3 is 10.6 Å². The van der Waals surface area contributed by atoms with Crippen LogP contribution in [0.2, 0.25) is 0 Å². The van der Waals surface area contributed by atoms with Crippen LogP contribution in [0.15, 0.2) is 0 Å². The quantitative estimate of drug-likeness (QED) is 0.0943. The second kappa shape index (κ2) is 15.2. The third-order valence-electron chi connectivity index (χ3n) is 7.47. The zero-order chi connectivity index (χ0) is 50.5. The zero-order valence-electron chi connectivity index (χ0n) is 27.6. The van der Waals surface area contributed by atoms with Crippen molar-refractivity contribution in [1.29, 1.82) is 0 Å². The first-order valence-corrected chi connectivity index (χ1v) is 14.5. The van der Waals surface area contributed by atoms with Crippen molar-refractivity contribution in [2.24, 2.45) is 5.41 Å². The summed E-state index contributed by atoms with van der Waals surface area (Å²) in [6, 6.07) is 0. The van der Waals surface area contributed by atoms with Gasteiger partial charge in [0.05, 0.1) is 0 Å². The lowest BCUT2D eigenvalue weighted by atomic mass is 9.88. The smallest absolute Gasteiger partial charge is 0.350 e. The van der Waals surface area contributed by atoms with E-state index in [-0.39, 0.29) is 24.5 Å². The van der Waals surface area contributed by atoms with E-state index in [4.69, 9.17) is 0 Å². The van der Waals surface area contributed by atoms with Gasteiger partial charge in [-0.25, -0.2) is 0 Å². The lowest BCUT2D eigenvalue weighted by Gasteiger charge is -2.43. The Morgan fingerprint density at radius 2 is 0.459 bits per heavy atom. The predicted octanol–water partition coefficient (Wildman–Crippen LogP) is 10.8. The van der Waals surface area contributed by atoms with Gasteiger partial charge in [-0.3, -0.25) is 9.59 Å². The van der Waals surface area contributed by atoms with Gasteiger partial charge in [-0.1, -0.05) is 13.8 Å². The number of amides is 2. The number of halogens is 34. The molecule has 0 aliphatic carbocycles. The maximum atomic E-state index is 14.1. The molecule has 0 aromatic carbocycles. The Kier molecular flexibility index (Phi) is 14.5. The van der Waals surface area contributed by atoms with Crippen molar-refractivity contribution in [1.82, 2.24) is 10.6 Å². The molecule has 0 spiro atoms. The molecular formula is C23H12Cl2F32N2O2. The van der Waals surface area contributed by atoms with Gasteiger partial charge in [-0.05, 0) is 28.6 Å². The van der Waals surface area contributed by atoms with Crippen LogP contribution in [0, 0.1) is 5.41 Å². The van der Waals surface area contributed by atoms with Crippen LogP contribution in [0.25, 0.3) is 0 Å². The Bertz CT molecular complexity index is 1510. The summed E-state index contributed by atoms with van der Waals surface area (Å²) in [6.45, 7) is -4.36. The molecule has 364 valence electrons. The molecule has 0 rings (SSSR count). The van der Waals surface area contributed by atoms with Crippen LogP contribution in [0.1, 0.15) is 13.8 Å². The number of carbonyl (C=O) groups is 2. The molecule has 0 bridgehead atoms. The highest BCUT2D eigenvalue weighted by Crippen LogP contribution is 2.66. The summed E-state index contributed by atoms with van der Waals surface area (Å²) in [6.07, 6.45) is 0. The summed E-state index contributed by atoms with van der Waals surface area (Å²) in [7, 11) is 0. The first-order chi connectivity index (χ1) is 25.8. The molecular weight excluding hydrogens is 1020 g/mol. The minimum Gasteiger partial charge on any atom is -0.350 e. The molecule has 0 aliphatic heterocycles. The minimum absolute atomic E-state index is 0.0938.